The van der Waals surface area contributed by atoms with Crippen molar-refractivity contribution in [1.82, 2.24) is 10.2 Å². The number of nitrogens with one attached hydrogen (secondary N) is 1. The summed E-state index contributed by atoms with van der Waals surface area (Å²) in [7, 11) is -2.91. The minimum Gasteiger partial charge on any atom is -0.495 e. The average molecular weight is 655 g/mol. The van der Waals surface area contributed by atoms with Crippen LogP contribution in [-0.2, 0) is 26.2 Å². The maximum absolute atomic E-state index is 14.3. The lowest BCUT2D eigenvalue weighted by atomic mass is 10.1. The van der Waals surface area contributed by atoms with Gasteiger partial charge in [-0.2, -0.15) is 0 Å². The number of hydrogen-bond acceptors (Lipinski definition) is 5. The number of carbonyl (C=O) groups excluding carboxylic acids is 2. The van der Waals surface area contributed by atoms with Crippen LogP contribution in [0, 0.1) is 0 Å². The number of methoxy groups -OCH3 is 1. The Bertz CT molecular complexity index is 1490. The highest BCUT2D eigenvalue weighted by molar-refractivity contribution is 7.92. The number of anilines is 1. The van der Waals surface area contributed by atoms with Gasteiger partial charge in [0, 0.05) is 33.2 Å². The van der Waals surface area contributed by atoms with Crippen molar-refractivity contribution in [3.63, 3.8) is 0 Å². The first kappa shape index (κ1) is 33.5. The molecule has 42 heavy (non-hydrogen) atoms. The predicted molar refractivity (Wildman–Crippen MR) is 168 cm³/mol. The van der Waals surface area contributed by atoms with Crippen molar-refractivity contribution in [3.8, 4) is 5.75 Å². The molecule has 0 radical (unpaired) electrons. The van der Waals surface area contributed by atoms with Crippen LogP contribution in [0.2, 0.25) is 15.1 Å². The van der Waals surface area contributed by atoms with Gasteiger partial charge in [-0.1, -0.05) is 72.9 Å². The molecule has 0 aromatic heterocycles. The van der Waals surface area contributed by atoms with E-state index in [9.17, 15) is 18.0 Å². The van der Waals surface area contributed by atoms with Crippen molar-refractivity contribution in [2.24, 2.45) is 0 Å². The van der Waals surface area contributed by atoms with Gasteiger partial charge in [0.1, 0.15) is 18.3 Å². The van der Waals surface area contributed by atoms with Crippen LogP contribution in [0.15, 0.2) is 71.6 Å². The Morgan fingerprint density at radius 3 is 2.14 bits per heavy atom. The van der Waals surface area contributed by atoms with Gasteiger partial charge in [-0.15, -0.1) is 0 Å². The van der Waals surface area contributed by atoms with Crippen molar-refractivity contribution in [1.29, 1.82) is 0 Å². The highest BCUT2D eigenvalue weighted by Gasteiger charge is 2.35. The first-order valence-electron chi connectivity index (χ1n) is 13.4. The summed E-state index contributed by atoms with van der Waals surface area (Å²) >= 11 is 19.2. The Balaban J connectivity index is 2.16. The minimum absolute atomic E-state index is 0.0397. The molecule has 2 atom stereocenters. The largest absolute Gasteiger partial charge is 0.495 e. The molecule has 0 aliphatic heterocycles. The van der Waals surface area contributed by atoms with E-state index in [4.69, 9.17) is 39.5 Å². The summed E-state index contributed by atoms with van der Waals surface area (Å²) in [6.45, 7) is 4.77. The Kier molecular flexibility index (Phi) is 11.9. The summed E-state index contributed by atoms with van der Waals surface area (Å²) in [6.07, 6.45) is 0.937. The normalized spacial score (nSPS) is 12.7. The van der Waals surface area contributed by atoms with Gasteiger partial charge < -0.3 is 15.0 Å². The van der Waals surface area contributed by atoms with Crippen molar-refractivity contribution < 1.29 is 22.7 Å². The third-order valence-electron chi connectivity index (χ3n) is 6.80. The SMILES string of the molecule is CC[C@H](C(=O)N[C@@H](C)CC)N(Cc1c(Cl)cccc1Cl)C(=O)CN(c1cc(Cl)ccc1OC)S(=O)(=O)c1ccccc1. The molecule has 0 heterocycles. The van der Waals surface area contributed by atoms with Gasteiger partial charge in [-0.3, -0.25) is 13.9 Å². The summed E-state index contributed by atoms with van der Waals surface area (Å²) < 4.78 is 34.5. The number of rotatable bonds is 13. The smallest absolute Gasteiger partial charge is 0.264 e. The zero-order valence-corrected chi connectivity index (χ0v) is 26.9. The number of ether oxygens (including phenoxy) is 1. The molecule has 0 aliphatic carbocycles. The Morgan fingerprint density at radius 2 is 1.57 bits per heavy atom. The molecule has 3 rings (SSSR count). The predicted octanol–water partition coefficient (Wildman–Crippen LogP) is 6.57. The molecule has 12 heteroatoms. The van der Waals surface area contributed by atoms with Crippen molar-refractivity contribution >= 4 is 62.3 Å². The Hall–Kier alpha value is -2.98. The van der Waals surface area contributed by atoms with Crippen LogP contribution in [0.4, 0.5) is 5.69 Å². The van der Waals surface area contributed by atoms with Crippen molar-refractivity contribution in [2.75, 3.05) is 18.0 Å². The average Bonchev–Trinajstić information content (AvgIpc) is 2.97. The number of hydrogen-bond donors (Lipinski definition) is 1. The van der Waals surface area contributed by atoms with Crippen LogP contribution in [0.25, 0.3) is 0 Å². The van der Waals surface area contributed by atoms with Crippen LogP contribution < -0.4 is 14.4 Å². The van der Waals surface area contributed by atoms with Gasteiger partial charge >= 0.3 is 0 Å². The molecule has 8 nitrogen and oxygen atoms in total. The highest BCUT2D eigenvalue weighted by Crippen LogP contribution is 2.35. The molecule has 0 spiro atoms. The number of carbonyl (C=O) groups is 2. The molecule has 3 aromatic rings. The lowest BCUT2D eigenvalue weighted by Crippen LogP contribution is -2.53. The monoisotopic (exact) mass is 653 g/mol. The second kappa shape index (κ2) is 15.0. The summed E-state index contributed by atoms with van der Waals surface area (Å²) in [5.41, 5.74) is 0.497. The molecule has 0 fully saturated rings. The molecule has 0 saturated heterocycles. The molecular weight excluding hydrogens is 621 g/mol. The van der Waals surface area contributed by atoms with Gasteiger partial charge in [0.25, 0.3) is 10.0 Å². The summed E-state index contributed by atoms with van der Waals surface area (Å²) in [6, 6.07) is 16.1. The van der Waals surface area contributed by atoms with E-state index in [1.807, 2.05) is 13.8 Å². The van der Waals surface area contributed by atoms with Gasteiger partial charge in [0.15, 0.2) is 0 Å². The number of benzene rings is 3. The number of nitrogens with zero attached hydrogens (tertiary/aromatic N) is 2. The molecule has 3 aromatic carbocycles. The quantitative estimate of drug-likeness (QED) is 0.225. The van der Waals surface area contributed by atoms with Crippen molar-refractivity contribution in [3.05, 3.63) is 87.4 Å². The molecule has 0 bridgehead atoms. The fourth-order valence-corrected chi connectivity index (χ4v) is 6.43. The van der Waals surface area contributed by atoms with E-state index < -0.39 is 28.5 Å². The van der Waals surface area contributed by atoms with E-state index in [1.165, 1.54) is 36.3 Å². The van der Waals surface area contributed by atoms with Gasteiger partial charge in [0.05, 0.1) is 17.7 Å². The van der Waals surface area contributed by atoms with E-state index in [0.29, 0.717) is 22.0 Å². The van der Waals surface area contributed by atoms with Crippen molar-refractivity contribution in [2.45, 2.75) is 57.1 Å². The topological polar surface area (TPSA) is 96.0 Å². The molecule has 1 N–H and O–H groups in total. The lowest BCUT2D eigenvalue weighted by molar-refractivity contribution is -0.140. The molecule has 2 amide bonds. The van der Waals surface area contributed by atoms with Gasteiger partial charge in [-0.05, 0) is 62.2 Å². The maximum Gasteiger partial charge on any atom is 0.264 e. The fourth-order valence-electron chi connectivity index (χ4n) is 4.31. The Labute approximate surface area is 262 Å². The Morgan fingerprint density at radius 1 is 0.929 bits per heavy atom. The van der Waals surface area contributed by atoms with E-state index >= 15 is 0 Å². The lowest BCUT2D eigenvalue weighted by Gasteiger charge is -2.34. The van der Waals surface area contributed by atoms with Crippen LogP contribution >= 0.6 is 34.8 Å². The third-order valence-corrected chi connectivity index (χ3v) is 9.51. The van der Waals surface area contributed by atoms with Crippen LogP contribution in [0.1, 0.15) is 39.2 Å². The summed E-state index contributed by atoms with van der Waals surface area (Å²) in [4.78, 5) is 29.0. The first-order chi connectivity index (χ1) is 19.9. The summed E-state index contributed by atoms with van der Waals surface area (Å²) in [5, 5.41) is 3.79. The number of amides is 2. The summed E-state index contributed by atoms with van der Waals surface area (Å²) in [5.74, 6) is -0.839. The van der Waals surface area contributed by atoms with E-state index in [0.717, 1.165) is 4.31 Å². The standard InChI is InChI=1S/C30H34Cl3N3O5S/c1-5-20(3)34-30(38)26(6-2)35(18-23-24(32)13-10-14-25(23)33)29(37)19-36(27-17-21(31)15-16-28(27)41-4)42(39,40)22-11-8-7-9-12-22/h7-17,20,26H,5-6,18-19H2,1-4H3,(H,34,38)/t20-,26+/m0/s1. The van der Waals surface area contributed by atoms with E-state index in [-0.39, 0.29) is 46.3 Å². The second-order valence-corrected chi connectivity index (χ2v) is 12.7. The molecule has 0 unspecified atom stereocenters. The highest BCUT2D eigenvalue weighted by atomic mass is 35.5. The first-order valence-corrected chi connectivity index (χ1v) is 16.0. The number of sulfonamides is 1. The van der Waals surface area contributed by atoms with Crippen LogP contribution in [-0.4, -0.2) is 50.9 Å². The van der Waals surface area contributed by atoms with E-state index in [2.05, 4.69) is 5.32 Å². The zero-order chi connectivity index (χ0) is 31.0. The molecule has 0 aliphatic rings. The van der Waals surface area contributed by atoms with Crippen LogP contribution in [0.5, 0.6) is 5.75 Å². The fraction of sp³-hybridized carbons (Fsp3) is 0.333. The maximum atomic E-state index is 14.3. The van der Waals surface area contributed by atoms with E-state index in [1.54, 1.807) is 49.4 Å². The third kappa shape index (κ3) is 7.89. The molecule has 226 valence electrons. The van der Waals surface area contributed by atoms with Crippen LogP contribution in [0.3, 0.4) is 0 Å². The number of halogens is 3. The van der Waals surface area contributed by atoms with Gasteiger partial charge in [0.2, 0.25) is 11.8 Å². The zero-order valence-electron chi connectivity index (χ0n) is 23.8. The minimum atomic E-state index is -4.30. The van der Waals surface area contributed by atoms with Gasteiger partial charge in [-0.25, -0.2) is 8.42 Å². The molecule has 0 saturated carbocycles. The molecular formula is C30H34Cl3N3O5S. The second-order valence-electron chi connectivity index (χ2n) is 9.60.